The minimum absolute atomic E-state index is 0.0263. The van der Waals surface area contributed by atoms with Gasteiger partial charge in [-0.1, -0.05) is 30.3 Å². The summed E-state index contributed by atoms with van der Waals surface area (Å²) in [5.74, 6) is 0.949. The van der Waals surface area contributed by atoms with Crippen LogP contribution in [0.1, 0.15) is 17.2 Å². The minimum atomic E-state index is -3.75. The van der Waals surface area contributed by atoms with Crippen molar-refractivity contribution >= 4 is 10.0 Å². The third-order valence-electron chi connectivity index (χ3n) is 3.47. The van der Waals surface area contributed by atoms with Gasteiger partial charge in [-0.25, -0.2) is 23.2 Å². The van der Waals surface area contributed by atoms with Gasteiger partial charge in [-0.3, -0.25) is 0 Å². The highest BCUT2D eigenvalue weighted by Crippen LogP contribution is 2.16. The highest BCUT2D eigenvalue weighted by Gasteiger charge is 2.13. The fourth-order valence-electron chi connectivity index (χ4n) is 2.34. The molecule has 0 aliphatic heterocycles. The van der Waals surface area contributed by atoms with Crippen molar-refractivity contribution in [2.45, 2.75) is 17.9 Å². The third kappa shape index (κ3) is 3.51. The lowest BCUT2D eigenvalue weighted by Gasteiger charge is -2.07. The maximum absolute atomic E-state index is 11.3. The second-order valence-electron chi connectivity index (χ2n) is 5.22. The third-order valence-corrected chi connectivity index (χ3v) is 4.40. The Morgan fingerprint density at radius 2 is 1.71 bits per heavy atom. The van der Waals surface area contributed by atoms with Crippen molar-refractivity contribution < 1.29 is 13.5 Å². The molecule has 0 saturated heterocycles. The average Bonchev–Trinajstić information content (AvgIpc) is 2.98. The number of hydrogen-bond donors (Lipinski definition) is 2. The van der Waals surface area contributed by atoms with E-state index in [1.165, 1.54) is 12.1 Å². The van der Waals surface area contributed by atoms with Gasteiger partial charge in [-0.15, -0.1) is 5.10 Å². The molecule has 0 radical (unpaired) electrons. The summed E-state index contributed by atoms with van der Waals surface area (Å²) in [4.78, 5) is 4.36. The Kier molecular flexibility index (Phi) is 4.43. The Morgan fingerprint density at radius 3 is 2.29 bits per heavy atom. The van der Waals surface area contributed by atoms with Crippen molar-refractivity contribution in [2.75, 3.05) is 0 Å². The largest absolute Gasteiger partial charge is 0.388 e. The number of rotatable bonds is 5. The van der Waals surface area contributed by atoms with Gasteiger partial charge in [0, 0.05) is 6.42 Å². The van der Waals surface area contributed by atoms with Crippen LogP contribution in [-0.2, 0) is 23.1 Å². The van der Waals surface area contributed by atoms with E-state index in [4.69, 9.17) is 5.14 Å². The van der Waals surface area contributed by atoms with E-state index in [0.29, 0.717) is 23.8 Å². The van der Waals surface area contributed by atoms with Gasteiger partial charge in [-0.2, -0.15) is 0 Å². The maximum atomic E-state index is 11.3. The lowest BCUT2D eigenvalue weighted by molar-refractivity contribution is 0.271. The smallest absolute Gasteiger partial charge is 0.238 e. The van der Waals surface area contributed by atoms with Crippen molar-refractivity contribution in [3.63, 3.8) is 0 Å². The van der Waals surface area contributed by atoms with Gasteiger partial charge >= 0.3 is 0 Å². The molecule has 1 heterocycles. The summed E-state index contributed by atoms with van der Waals surface area (Å²) in [6, 6.07) is 15.8. The zero-order valence-electron chi connectivity index (χ0n) is 12.7. The molecular weight excluding hydrogens is 328 g/mol. The van der Waals surface area contributed by atoms with Crippen molar-refractivity contribution in [2.24, 2.45) is 5.14 Å². The normalized spacial score (nSPS) is 11.6. The number of primary sulfonamides is 1. The van der Waals surface area contributed by atoms with Crippen LogP contribution in [0, 0.1) is 0 Å². The molecule has 0 aliphatic rings. The number of aliphatic hydroxyl groups is 1. The number of benzene rings is 2. The predicted octanol–water partition coefficient (Wildman–Crippen LogP) is 0.998. The highest BCUT2D eigenvalue weighted by molar-refractivity contribution is 7.89. The fraction of sp³-hybridized carbons (Fsp3) is 0.125. The number of aliphatic hydroxyl groups excluding tert-OH is 1. The molecule has 0 saturated carbocycles. The molecule has 0 spiro atoms. The van der Waals surface area contributed by atoms with Crippen molar-refractivity contribution in [3.05, 3.63) is 71.8 Å². The van der Waals surface area contributed by atoms with Crippen LogP contribution < -0.4 is 5.14 Å². The second kappa shape index (κ2) is 6.52. The number of hydrogen-bond acceptors (Lipinski definition) is 5. The van der Waals surface area contributed by atoms with E-state index in [-0.39, 0.29) is 11.5 Å². The van der Waals surface area contributed by atoms with Gasteiger partial charge in [0.05, 0.1) is 10.6 Å². The summed E-state index contributed by atoms with van der Waals surface area (Å²) >= 11 is 0. The molecule has 0 atom stereocenters. The monoisotopic (exact) mass is 344 g/mol. The Hall–Kier alpha value is -2.55. The molecule has 0 fully saturated rings. The molecule has 2 aromatic carbocycles. The molecule has 7 nitrogen and oxygen atoms in total. The van der Waals surface area contributed by atoms with Crippen molar-refractivity contribution in [1.29, 1.82) is 0 Å². The fourth-order valence-corrected chi connectivity index (χ4v) is 2.85. The van der Waals surface area contributed by atoms with E-state index >= 15 is 0 Å². The Morgan fingerprint density at radius 1 is 1.04 bits per heavy atom. The first-order valence-corrected chi connectivity index (χ1v) is 8.75. The van der Waals surface area contributed by atoms with E-state index in [2.05, 4.69) is 10.1 Å². The van der Waals surface area contributed by atoms with E-state index in [0.717, 1.165) is 5.56 Å². The lowest BCUT2D eigenvalue weighted by atomic mass is 10.1. The van der Waals surface area contributed by atoms with Gasteiger partial charge in [-0.05, 0) is 29.8 Å². The van der Waals surface area contributed by atoms with Crippen LogP contribution in [0.25, 0.3) is 5.69 Å². The molecule has 0 unspecified atom stereocenters. The van der Waals surface area contributed by atoms with Gasteiger partial charge in [0.1, 0.15) is 12.4 Å². The zero-order valence-corrected chi connectivity index (χ0v) is 13.5. The van der Waals surface area contributed by atoms with Crippen LogP contribution >= 0.6 is 0 Å². The van der Waals surface area contributed by atoms with Gasteiger partial charge < -0.3 is 5.11 Å². The molecule has 0 amide bonds. The molecule has 24 heavy (non-hydrogen) atoms. The number of sulfonamides is 1. The standard InChI is InChI=1S/C16H16N4O3S/c17-24(22,23)14-8-6-13(7-9-14)20-16(18-15(11-21)19-20)10-12-4-2-1-3-5-12/h1-9,21H,10-11H2,(H2,17,22,23). The van der Waals surface area contributed by atoms with Crippen LogP contribution in [0.2, 0.25) is 0 Å². The molecule has 3 aromatic rings. The topological polar surface area (TPSA) is 111 Å². The van der Waals surface area contributed by atoms with Gasteiger partial charge in [0.25, 0.3) is 0 Å². The number of aromatic nitrogens is 3. The second-order valence-corrected chi connectivity index (χ2v) is 6.78. The first-order chi connectivity index (χ1) is 11.5. The van der Waals surface area contributed by atoms with E-state index in [1.54, 1.807) is 16.8 Å². The quantitative estimate of drug-likeness (QED) is 0.717. The van der Waals surface area contributed by atoms with Crippen LogP contribution in [0.15, 0.2) is 59.5 Å². The van der Waals surface area contributed by atoms with Gasteiger partial charge in [0.15, 0.2) is 5.82 Å². The molecule has 124 valence electrons. The molecule has 8 heteroatoms. The number of nitrogens with two attached hydrogens (primary N) is 1. The maximum Gasteiger partial charge on any atom is 0.238 e. The van der Waals surface area contributed by atoms with Crippen molar-refractivity contribution in [3.8, 4) is 5.69 Å². The first-order valence-electron chi connectivity index (χ1n) is 7.20. The molecule has 0 aliphatic carbocycles. The van der Waals surface area contributed by atoms with Crippen molar-refractivity contribution in [1.82, 2.24) is 14.8 Å². The molecular formula is C16H16N4O3S. The Labute approximate surface area is 139 Å². The lowest BCUT2D eigenvalue weighted by Crippen LogP contribution is -2.12. The Balaban J connectivity index is 1.99. The summed E-state index contributed by atoms with van der Waals surface area (Å²) in [7, 11) is -3.75. The van der Waals surface area contributed by atoms with Crippen LogP contribution in [0.4, 0.5) is 0 Å². The van der Waals surface area contributed by atoms with E-state index in [9.17, 15) is 13.5 Å². The molecule has 3 N–H and O–H groups in total. The summed E-state index contributed by atoms with van der Waals surface area (Å²) in [5, 5.41) is 18.7. The summed E-state index contributed by atoms with van der Waals surface area (Å²) in [6.45, 7) is -0.274. The van der Waals surface area contributed by atoms with Crippen LogP contribution in [0.3, 0.4) is 0 Å². The minimum Gasteiger partial charge on any atom is -0.388 e. The number of nitrogens with zero attached hydrogens (tertiary/aromatic N) is 3. The average molecular weight is 344 g/mol. The Bertz CT molecular complexity index is 935. The molecule has 3 rings (SSSR count). The highest BCUT2D eigenvalue weighted by atomic mass is 32.2. The van der Waals surface area contributed by atoms with Crippen LogP contribution in [-0.4, -0.2) is 28.3 Å². The van der Waals surface area contributed by atoms with E-state index in [1.807, 2.05) is 30.3 Å². The van der Waals surface area contributed by atoms with E-state index < -0.39 is 10.0 Å². The zero-order chi connectivity index (χ0) is 17.2. The van der Waals surface area contributed by atoms with Gasteiger partial charge in [0.2, 0.25) is 10.0 Å². The summed E-state index contributed by atoms with van der Waals surface area (Å²) in [6.07, 6.45) is 0.533. The molecule has 0 bridgehead atoms. The molecule has 1 aromatic heterocycles. The van der Waals surface area contributed by atoms with Crippen LogP contribution in [0.5, 0.6) is 0 Å². The first kappa shape index (κ1) is 16.3. The predicted molar refractivity (Wildman–Crippen MR) is 87.9 cm³/mol. The SMILES string of the molecule is NS(=O)(=O)c1ccc(-n2nc(CO)nc2Cc2ccccc2)cc1. The summed E-state index contributed by atoms with van der Waals surface area (Å²) < 4.78 is 24.3. The summed E-state index contributed by atoms with van der Waals surface area (Å²) in [5.41, 5.74) is 1.69.